The van der Waals surface area contributed by atoms with Crippen LogP contribution in [0.1, 0.15) is 16.1 Å². The standard InChI is InChI=1S/C15H9NO5S/c17-13-12(22-15(20)16-13)7-10-4-5-11(21-10)8-2-1-3-9(6-8)14(18)19/h1-7H,(H,18,19)(H,16,17,20)/b12-7+. The summed E-state index contributed by atoms with van der Waals surface area (Å²) in [5.41, 5.74) is 0.772. The molecule has 1 aliphatic heterocycles. The highest BCUT2D eigenvalue weighted by atomic mass is 32.2. The number of benzene rings is 1. The van der Waals surface area contributed by atoms with Crippen LogP contribution in [0.25, 0.3) is 17.4 Å². The van der Waals surface area contributed by atoms with E-state index >= 15 is 0 Å². The zero-order valence-corrected chi connectivity index (χ0v) is 11.8. The van der Waals surface area contributed by atoms with E-state index in [0.717, 1.165) is 11.8 Å². The number of furan rings is 1. The SMILES string of the molecule is O=C1NC(=O)/C(=C\c2ccc(-c3cccc(C(=O)O)c3)o2)S1. The van der Waals surface area contributed by atoms with Crippen molar-refractivity contribution in [2.45, 2.75) is 0 Å². The molecule has 22 heavy (non-hydrogen) atoms. The number of aromatic carboxylic acids is 1. The third-order valence-electron chi connectivity index (χ3n) is 2.94. The van der Waals surface area contributed by atoms with Crippen LogP contribution in [0, 0.1) is 0 Å². The van der Waals surface area contributed by atoms with Gasteiger partial charge >= 0.3 is 5.97 Å². The van der Waals surface area contributed by atoms with Crippen molar-refractivity contribution in [2.24, 2.45) is 0 Å². The molecule has 0 unspecified atom stereocenters. The summed E-state index contributed by atoms with van der Waals surface area (Å²) in [6, 6.07) is 9.65. The topological polar surface area (TPSA) is 96.6 Å². The van der Waals surface area contributed by atoms with E-state index < -0.39 is 17.1 Å². The fourth-order valence-corrected chi connectivity index (χ4v) is 2.60. The Labute approximate surface area is 128 Å². The van der Waals surface area contributed by atoms with Crippen molar-refractivity contribution >= 4 is 35.0 Å². The number of carboxylic acid groups (broad SMARTS) is 1. The maximum Gasteiger partial charge on any atom is 0.335 e. The van der Waals surface area contributed by atoms with Gasteiger partial charge in [0.25, 0.3) is 11.1 Å². The van der Waals surface area contributed by atoms with Crippen molar-refractivity contribution < 1.29 is 23.9 Å². The quantitative estimate of drug-likeness (QED) is 0.845. The number of carboxylic acids is 1. The largest absolute Gasteiger partial charge is 0.478 e. The van der Waals surface area contributed by atoms with Crippen LogP contribution in [-0.2, 0) is 4.79 Å². The predicted molar refractivity (Wildman–Crippen MR) is 80.2 cm³/mol. The molecular formula is C15H9NO5S. The van der Waals surface area contributed by atoms with Gasteiger partial charge in [-0.1, -0.05) is 12.1 Å². The summed E-state index contributed by atoms with van der Waals surface area (Å²) < 4.78 is 5.58. The van der Waals surface area contributed by atoms with E-state index in [1.165, 1.54) is 18.2 Å². The lowest BCUT2D eigenvalue weighted by molar-refractivity contribution is -0.115. The van der Waals surface area contributed by atoms with Crippen LogP contribution in [0.15, 0.2) is 45.7 Å². The average molecular weight is 315 g/mol. The zero-order chi connectivity index (χ0) is 15.7. The first-order valence-corrected chi connectivity index (χ1v) is 7.03. The van der Waals surface area contributed by atoms with Gasteiger partial charge in [-0.2, -0.15) is 0 Å². The van der Waals surface area contributed by atoms with E-state index in [0.29, 0.717) is 17.1 Å². The molecule has 0 bridgehead atoms. The van der Waals surface area contributed by atoms with E-state index in [9.17, 15) is 14.4 Å². The van der Waals surface area contributed by atoms with Crippen LogP contribution in [0.2, 0.25) is 0 Å². The number of carbonyl (C=O) groups excluding carboxylic acids is 2. The van der Waals surface area contributed by atoms with Gasteiger partial charge in [-0.15, -0.1) is 0 Å². The van der Waals surface area contributed by atoms with Crippen LogP contribution in [0.4, 0.5) is 4.79 Å². The zero-order valence-electron chi connectivity index (χ0n) is 11.0. The number of hydrogen-bond acceptors (Lipinski definition) is 5. The van der Waals surface area contributed by atoms with Crippen LogP contribution in [0.3, 0.4) is 0 Å². The Morgan fingerprint density at radius 1 is 1.23 bits per heavy atom. The van der Waals surface area contributed by atoms with Crippen molar-refractivity contribution in [3.8, 4) is 11.3 Å². The van der Waals surface area contributed by atoms with Gasteiger partial charge in [0.1, 0.15) is 11.5 Å². The molecule has 2 N–H and O–H groups in total. The summed E-state index contributed by atoms with van der Waals surface area (Å²) in [6.45, 7) is 0. The van der Waals surface area contributed by atoms with Crippen LogP contribution < -0.4 is 5.32 Å². The number of thioether (sulfide) groups is 1. The monoisotopic (exact) mass is 315 g/mol. The first-order chi connectivity index (χ1) is 10.5. The summed E-state index contributed by atoms with van der Waals surface area (Å²) in [7, 11) is 0. The van der Waals surface area contributed by atoms with E-state index in [1.54, 1.807) is 24.3 Å². The molecule has 2 amide bonds. The summed E-state index contributed by atoms with van der Waals surface area (Å²) in [6.07, 6.45) is 1.47. The Hall–Kier alpha value is -2.80. The average Bonchev–Trinajstić information content (AvgIpc) is 3.06. The summed E-state index contributed by atoms with van der Waals surface area (Å²) >= 11 is 0.804. The summed E-state index contributed by atoms with van der Waals surface area (Å²) in [4.78, 5) is 33.8. The highest BCUT2D eigenvalue weighted by molar-refractivity contribution is 8.18. The fourth-order valence-electron chi connectivity index (χ4n) is 1.94. The number of amides is 2. The third-order valence-corrected chi connectivity index (χ3v) is 3.75. The van der Waals surface area contributed by atoms with E-state index in [2.05, 4.69) is 5.32 Å². The molecule has 2 heterocycles. The first-order valence-electron chi connectivity index (χ1n) is 6.21. The molecule has 110 valence electrons. The normalized spacial score (nSPS) is 16.1. The lowest BCUT2D eigenvalue weighted by Crippen LogP contribution is -2.17. The first kappa shape index (κ1) is 14.2. The number of nitrogens with one attached hydrogen (secondary N) is 1. The molecule has 6 nitrogen and oxygen atoms in total. The van der Waals surface area contributed by atoms with Gasteiger partial charge in [-0.25, -0.2) is 4.79 Å². The molecule has 1 aromatic heterocycles. The summed E-state index contributed by atoms with van der Waals surface area (Å²) in [5, 5.41) is 10.7. The van der Waals surface area contributed by atoms with Gasteiger partial charge in [0.15, 0.2) is 0 Å². The van der Waals surface area contributed by atoms with Gasteiger partial charge in [-0.3, -0.25) is 14.9 Å². The molecule has 1 fully saturated rings. The molecule has 2 aromatic rings. The highest BCUT2D eigenvalue weighted by Crippen LogP contribution is 2.28. The highest BCUT2D eigenvalue weighted by Gasteiger charge is 2.25. The van der Waals surface area contributed by atoms with Gasteiger partial charge < -0.3 is 9.52 Å². The van der Waals surface area contributed by atoms with Crippen molar-refractivity contribution in [3.63, 3.8) is 0 Å². The molecule has 1 saturated heterocycles. The minimum atomic E-state index is -1.02. The number of hydrogen-bond donors (Lipinski definition) is 2. The molecular weight excluding hydrogens is 306 g/mol. The smallest absolute Gasteiger partial charge is 0.335 e. The second kappa shape index (κ2) is 5.53. The van der Waals surface area contributed by atoms with E-state index in [1.807, 2.05) is 0 Å². The minimum Gasteiger partial charge on any atom is -0.478 e. The summed E-state index contributed by atoms with van der Waals surface area (Å²) in [5.74, 6) is -0.595. The van der Waals surface area contributed by atoms with Crippen LogP contribution >= 0.6 is 11.8 Å². The Kier molecular flexibility index (Phi) is 3.56. The minimum absolute atomic E-state index is 0.158. The van der Waals surface area contributed by atoms with Gasteiger partial charge in [0.2, 0.25) is 0 Å². The molecule has 0 aliphatic carbocycles. The third kappa shape index (κ3) is 2.79. The molecule has 0 radical (unpaired) electrons. The van der Waals surface area contributed by atoms with Gasteiger partial charge in [0.05, 0.1) is 10.5 Å². The second-order valence-electron chi connectivity index (χ2n) is 4.44. The molecule has 1 aliphatic rings. The van der Waals surface area contributed by atoms with Crippen molar-refractivity contribution in [3.05, 3.63) is 52.6 Å². The lowest BCUT2D eigenvalue weighted by Gasteiger charge is -1.99. The van der Waals surface area contributed by atoms with Gasteiger partial charge in [-0.05, 0) is 36.0 Å². The van der Waals surface area contributed by atoms with Crippen molar-refractivity contribution in [1.29, 1.82) is 0 Å². The molecule has 1 aromatic carbocycles. The predicted octanol–water partition coefficient (Wildman–Crippen LogP) is 2.97. The second-order valence-corrected chi connectivity index (χ2v) is 5.45. The van der Waals surface area contributed by atoms with E-state index in [4.69, 9.17) is 9.52 Å². The Bertz CT molecular complexity index is 821. The van der Waals surface area contributed by atoms with Gasteiger partial charge in [0, 0.05) is 11.6 Å². The van der Waals surface area contributed by atoms with Crippen molar-refractivity contribution in [1.82, 2.24) is 5.32 Å². The molecule has 3 rings (SSSR count). The fraction of sp³-hybridized carbons (Fsp3) is 0. The maximum atomic E-state index is 11.5. The van der Waals surface area contributed by atoms with E-state index in [-0.39, 0.29) is 10.5 Å². The molecule has 0 atom stereocenters. The molecule has 0 saturated carbocycles. The molecule has 7 heteroatoms. The number of rotatable bonds is 3. The Balaban J connectivity index is 1.90. The Morgan fingerprint density at radius 3 is 2.73 bits per heavy atom. The number of carbonyl (C=O) groups is 3. The van der Waals surface area contributed by atoms with Crippen molar-refractivity contribution in [2.75, 3.05) is 0 Å². The number of imide groups is 1. The van der Waals surface area contributed by atoms with Crippen LogP contribution in [0.5, 0.6) is 0 Å². The Morgan fingerprint density at radius 2 is 2.05 bits per heavy atom. The maximum absolute atomic E-state index is 11.5. The van der Waals surface area contributed by atoms with Crippen LogP contribution in [-0.4, -0.2) is 22.2 Å². The lowest BCUT2D eigenvalue weighted by atomic mass is 10.1. The molecule has 0 spiro atoms.